The standard InChI is InChI=1S/C25H28N4O4S/c1-17(30)26-11-2-3-18-4-6-19(7-5-18)22-16-34-25(27-22)28-23(31)20-8-12-29(13-9-20)24(32)21-10-14-33-15-21/h4-7,10,14-16,20H,2-3,8-9,11-13H2,1H3,(H,26,30)(H,27,28,31). The van der Waals surface area contributed by atoms with E-state index in [1.807, 2.05) is 17.5 Å². The fraction of sp³-hybridized carbons (Fsp3) is 0.360. The Labute approximate surface area is 202 Å². The third-order valence-corrected chi connectivity index (χ3v) is 6.68. The quantitative estimate of drug-likeness (QED) is 0.475. The number of nitrogens with zero attached hydrogens (tertiary/aromatic N) is 2. The molecular formula is C25H28N4O4S. The number of benzene rings is 1. The average Bonchev–Trinajstić information content (AvgIpc) is 3.54. The number of thiazole rings is 1. The van der Waals surface area contributed by atoms with Crippen LogP contribution in [0.3, 0.4) is 0 Å². The number of hydrogen-bond acceptors (Lipinski definition) is 6. The van der Waals surface area contributed by atoms with E-state index in [9.17, 15) is 14.4 Å². The van der Waals surface area contributed by atoms with Gasteiger partial charge in [-0.3, -0.25) is 14.4 Å². The predicted molar refractivity (Wildman–Crippen MR) is 131 cm³/mol. The number of rotatable bonds is 8. The van der Waals surface area contributed by atoms with Crippen LogP contribution < -0.4 is 10.6 Å². The molecule has 1 saturated heterocycles. The smallest absolute Gasteiger partial charge is 0.257 e. The Morgan fingerprint density at radius 3 is 2.59 bits per heavy atom. The molecule has 0 spiro atoms. The van der Waals surface area contributed by atoms with E-state index < -0.39 is 0 Å². The molecule has 1 aromatic carbocycles. The number of carbonyl (C=O) groups is 3. The molecular weight excluding hydrogens is 452 g/mol. The van der Waals surface area contributed by atoms with Crippen LogP contribution in [0, 0.1) is 5.92 Å². The van der Waals surface area contributed by atoms with Gasteiger partial charge in [-0.2, -0.15) is 0 Å². The lowest BCUT2D eigenvalue weighted by molar-refractivity contribution is -0.121. The highest BCUT2D eigenvalue weighted by Gasteiger charge is 2.28. The van der Waals surface area contributed by atoms with Crippen molar-refractivity contribution < 1.29 is 18.8 Å². The van der Waals surface area contributed by atoms with E-state index in [0.717, 1.165) is 24.1 Å². The summed E-state index contributed by atoms with van der Waals surface area (Å²) < 4.78 is 4.99. The molecule has 34 heavy (non-hydrogen) atoms. The van der Waals surface area contributed by atoms with Gasteiger partial charge in [0.15, 0.2) is 5.13 Å². The first-order valence-corrected chi connectivity index (χ1v) is 12.3. The van der Waals surface area contributed by atoms with Gasteiger partial charge >= 0.3 is 0 Å². The second-order valence-electron chi connectivity index (χ2n) is 8.39. The number of nitrogens with one attached hydrogen (secondary N) is 2. The van der Waals surface area contributed by atoms with Crippen LogP contribution in [-0.4, -0.2) is 47.2 Å². The Bertz CT molecular complexity index is 1120. The topological polar surface area (TPSA) is 105 Å². The SMILES string of the molecule is CC(=O)NCCCc1ccc(-c2csc(NC(=O)C3CCN(C(=O)c4ccoc4)CC3)n2)cc1. The lowest BCUT2D eigenvalue weighted by Crippen LogP contribution is -2.41. The summed E-state index contributed by atoms with van der Waals surface area (Å²) >= 11 is 1.41. The molecule has 0 bridgehead atoms. The predicted octanol–water partition coefficient (Wildman–Crippen LogP) is 3.96. The van der Waals surface area contributed by atoms with Crippen LogP contribution in [0.1, 0.15) is 42.1 Å². The number of furan rings is 1. The van der Waals surface area contributed by atoms with Crippen LogP contribution in [0.4, 0.5) is 5.13 Å². The van der Waals surface area contributed by atoms with Crippen molar-refractivity contribution in [3.8, 4) is 11.3 Å². The molecule has 2 aromatic heterocycles. The van der Waals surface area contributed by atoms with Crippen LogP contribution in [-0.2, 0) is 16.0 Å². The highest BCUT2D eigenvalue weighted by Crippen LogP contribution is 2.27. The number of anilines is 1. The Kier molecular flexibility index (Phi) is 7.74. The lowest BCUT2D eigenvalue weighted by atomic mass is 9.95. The molecule has 3 aromatic rings. The van der Waals surface area contributed by atoms with E-state index in [1.54, 1.807) is 11.0 Å². The van der Waals surface area contributed by atoms with Crippen LogP contribution in [0.2, 0.25) is 0 Å². The Hall–Kier alpha value is -3.46. The molecule has 1 aliphatic rings. The highest BCUT2D eigenvalue weighted by atomic mass is 32.1. The molecule has 0 unspecified atom stereocenters. The van der Waals surface area contributed by atoms with Crippen molar-refractivity contribution in [3.05, 3.63) is 59.4 Å². The average molecular weight is 481 g/mol. The molecule has 0 aliphatic carbocycles. The molecule has 3 amide bonds. The molecule has 0 radical (unpaired) electrons. The maximum absolute atomic E-state index is 12.7. The summed E-state index contributed by atoms with van der Waals surface area (Å²) in [5.41, 5.74) is 3.56. The van der Waals surface area contributed by atoms with Crippen LogP contribution in [0.25, 0.3) is 11.3 Å². The molecule has 8 nitrogen and oxygen atoms in total. The number of amides is 3. The molecule has 2 N–H and O–H groups in total. The van der Waals surface area contributed by atoms with E-state index in [2.05, 4.69) is 27.8 Å². The summed E-state index contributed by atoms with van der Waals surface area (Å²) in [6.45, 7) is 3.28. The van der Waals surface area contributed by atoms with Gasteiger partial charge in [0.2, 0.25) is 11.8 Å². The van der Waals surface area contributed by atoms with Crippen molar-refractivity contribution in [1.29, 1.82) is 0 Å². The van der Waals surface area contributed by atoms with Gasteiger partial charge in [-0.25, -0.2) is 4.98 Å². The first-order valence-electron chi connectivity index (χ1n) is 11.4. The van der Waals surface area contributed by atoms with E-state index >= 15 is 0 Å². The molecule has 0 atom stereocenters. The summed E-state index contributed by atoms with van der Waals surface area (Å²) in [5, 5.41) is 8.27. The normalized spacial score (nSPS) is 14.1. The molecule has 1 aliphatic heterocycles. The van der Waals surface area contributed by atoms with E-state index in [-0.39, 0.29) is 23.6 Å². The second-order valence-corrected chi connectivity index (χ2v) is 9.25. The zero-order valence-electron chi connectivity index (χ0n) is 19.1. The molecule has 3 heterocycles. The zero-order valence-corrected chi connectivity index (χ0v) is 19.9. The second kappa shape index (κ2) is 11.1. The van der Waals surface area contributed by atoms with Gasteiger partial charge in [-0.15, -0.1) is 11.3 Å². The minimum absolute atomic E-state index is 0.00673. The highest BCUT2D eigenvalue weighted by molar-refractivity contribution is 7.14. The molecule has 178 valence electrons. The van der Waals surface area contributed by atoms with Crippen molar-refractivity contribution in [2.24, 2.45) is 5.92 Å². The summed E-state index contributed by atoms with van der Waals surface area (Å²) in [4.78, 5) is 42.4. The van der Waals surface area contributed by atoms with Crippen molar-refractivity contribution in [2.45, 2.75) is 32.6 Å². The van der Waals surface area contributed by atoms with Gasteiger partial charge in [0.05, 0.1) is 17.5 Å². The first-order chi connectivity index (χ1) is 16.5. The maximum atomic E-state index is 12.7. The number of likely N-dealkylation sites (tertiary alicyclic amines) is 1. The third-order valence-electron chi connectivity index (χ3n) is 5.92. The van der Waals surface area contributed by atoms with Gasteiger partial charge < -0.3 is 20.0 Å². The summed E-state index contributed by atoms with van der Waals surface area (Å²) in [6, 6.07) is 9.85. The van der Waals surface area contributed by atoms with Gasteiger partial charge in [-0.05, 0) is 37.3 Å². The largest absolute Gasteiger partial charge is 0.472 e. The molecule has 1 fully saturated rings. The summed E-state index contributed by atoms with van der Waals surface area (Å²) in [6.07, 6.45) is 5.96. The maximum Gasteiger partial charge on any atom is 0.257 e. The van der Waals surface area contributed by atoms with Crippen molar-refractivity contribution in [2.75, 3.05) is 25.0 Å². The summed E-state index contributed by atoms with van der Waals surface area (Å²) in [7, 11) is 0. The fourth-order valence-corrected chi connectivity index (χ4v) is 4.71. The van der Waals surface area contributed by atoms with Crippen molar-refractivity contribution in [3.63, 3.8) is 0 Å². The zero-order chi connectivity index (χ0) is 23.9. The minimum atomic E-state index is -0.141. The number of carbonyl (C=O) groups excluding carboxylic acids is 3. The van der Waals surface area contributed by atoms with E-state index in [0.29, 0.717) is 43.2 Å². The molecule has 9 heteroatoms. The number of aryl methyl sites for hydroxylation is 1. The lowest BCUT2D eigenvalue weighted by Gasteiger charge is -2.30. The molecule has 0 saturated carbocycles. The van der Waals surface area contributed by atoms with Gasteiger partial charge in [0.1, 0.15) is 6.26 Å². The minimum Gasteiger partial charge on any atom is -0.472 e. The monoisotopic (exact) mass is 480 g/mol. The van der Waals surface area contributed by atoms with Gasteiger partial charge in [0.25, 0.3) is 5.91 Å². The van der Waals surface area contributed by atoms with E-state index in [1.165, 1.54) is 36.4 Å². The summed E-state index contributed by atoms with van der Waals surface area (Å²) in [5.74, 6) is -0.257. The van der Waals surface area contributed by atoms with Gasteiger partial charge in [0, 0.05) is 43.4 Å². The van der Waals surface area contributed by atoms with Crippen molar-refractivity contribution >= 4 is 34.2 Å². The number of hydrogen-bond donors (Lipinski definition) is 2. The van der Waals surface area contributed by atoms with Crippen LogP contribution >= 0.6 is 11.3 Å². The van der Waals surface area contributed by atoms with Crippen LogP contribution in [0.5, 0.6) is 0 Å². The van der Waals surface area contributed by atoms with Crippen LogP contribution in [0.15, 0.2) is 52.7 Å². The number of aromatic nitrogens is 1. The number of piperidine rings is 1. The Morgan fingerprint density at radius 2 is 1.91 bits per heavy atom. The fourth-order valence-electron chi connectivity index (χ4n) is 3.98. The third kappa shape index (κ3) is 6.11. The first kappa shape index (κ1) is 23.7. The van der Waals surface area contributed by atoms with Gasteiger partial charge in [-0.1, -0.05) is 24.3 Å². The van der Waals surface area contributed by atoms with Crippen molar-refractivity contribution in [1.82, 2.24) is 15.2 Å². The van der Waals surface area contributed by atoms with E-state index in [4.69, 9.17) is 4.42 Å². The molecule has 4 rings (SSSR count). The Balaban J connectivity index is 1.25. The Morgan fingerprint density at radius 1 is 1.15 bits per heavy atom.